The Kier molecular flexibility index (Phi) is 6.79. The van der Waals surface area contributed by atoms with Crippen LogP contribution in [0.3, 0.4) is 0 Å². The molecule has 1 aliphatic carbocycles. The highest BCUT2D eigenvalue weighted by molar-refractivity contribution is 7.92. The minimum absolute atomic E-state index is 0.0601. The minimum Gasteiger partial charge on any atom is -0.348 e. The molecule has 5 nitrogen and oxygen atoms in total. The summed E-state index contributed by atoms with van der Waals surface area (Å²) < 4.78 is 41.1. The fourth-order valence-electron chi connectivity index (χ4n) is 4.17. The molecule has 0 bridgehead atoms. The van der Waals surface area contributed by atoms with E-state index in [4.69, 9.17) is 0 Å². The molecule has 3 aromatic rings. The maximum absolute atomic E-state index is 13.5. The molecule has 1 atom stereocenters. The van der Waals surface area contributed by atoms with Crippen molar-refractivity contribution >= 4 is 21.6 Å². The molecular weight excluding hydrogens is 439 g/mol. The van der Waals surface area contributed by atoms with Gasteiger partial charge in [-0.3, -0.25) is 9.10 Å². The van der Waals surface area contributed by atoms with Gasteiger partial charge < -0.3 is 5.32 Å². The van der Waals surface area contributed by atoms with Gasteiger partial charge in [-0.15, -0.1) is 0 Å². The van der Waals surface area contributed by atoms with E-state index >= 15 is 0 Å². The van der Waals surface area contributed by atoms with Crippen LogP contribution in [0.25, 0.3) is 0 Å². The van der Waals surface area contributed by atoms with E-state index in [2.05, 4.69) is 17.4 Å². The summed E-state index contributed by atoms with van der Waals surface area (Å²) in [6.07, 6.45) is 4.49. The second kappa shape index (κ2) is 9.75. The zero-order chi connectivity index (χ0) is 23.4. The van der Waals surface area contributed by atoms with Gasteiger partial charge in [0.2, 0.25) is 5.91 Å². The topological polar surface area (TPSA) is 66.5 Å². The predicted octanol–water partition coefficient (Wildman–Crippen LogP) is 4.78. The van der Waals surface area contributed by atoms with Gasteiger partial charge in [0.15, 0.2) is 0 Å². The Morgan fingerprint density at radius 1 is 0.970 bits per heavy atom. The molecule has 0 saturated carbocycles. The van der Waals surface area contributed by atoms with Crippen molar-refractivity contribution < 1.29 is 17.6 Å². The van der Waals surface area contributed by atoms with Gasteiger partial charge in [-0.2, -0.15) is 0 Å². The van der Waals surface area contributed by atoms with E-state index in [9.17, 15) is 17.6 Å². The van der Waals surface area contributed by atoms with Gasteiger partial charge in [0, 0.05) is 0 Å². The first kappa shape index (κ1) is 23.0. The number of rotatable bonds is 7. The van der Waals surface area contributed by atoms with Crippen LogP contribution in [0.5, 0.6) is 0 Å². The highest BCUT2D eigenvalue weighted by Gasteiger charge is 2.27. The summed E-state index contributed by atoms with van der Waals surface area (Å²) in [5, 5.41) is 2.92. The Morgan fingerprint density at radius 2 is 1.64 bits per heavy atom. The molecule has 0 aromatic heterocycles. The summed E-state index contributed by atoms with van der Waals surface area (Å²) in [5.74, 6) is -0.926. The van der Waals surface area contributed by atoms with E-state index in [0.717, 1.165) is 22.7 Å². The molecule has 33 heavy (non-hydrogen) atoms. The van der Waals surface area contributed by atoms with E-state index in [1.807, 2.05) is 13.0 Å². The lowest BCUT2D eigenvalue weighted by Crippen LogP contribution is -2.41. The lowest BCUT2D eigenvalue weighted by atomic mass is 9.89. The summed E-state index contributed by atoms with van der Waals surface area (Å²) in [4.78, 5) is 13.0. The Labute approximate surface area is 194 Å². The number of fused-ring (bicyclic) bond motifs is 1. The van der Waals surface area contributed by atoms with Gasteiger partial charge >= 0.3 is 0 Å². The molecule has 0 aliphatic heterocycles. The van der Waals surface area contributed by atoms with Crippen LogP contribution < -0.4 is 9.62 Å². The number of carbonyl (C=O) groups is 1. The molecule has 0 heterocycles. The molecule has 172 valence electrons. The van der Waals surface area contributed by atoms with Crippen LogP contribution in [0.2, 0.25) is 0 Å². The summed E-state index contributed by atoms with van der Waals surface area (Å²) in [5.41, 5.74) is 3.89. The zero-order valence-corrected chi connectivity index (χ0v) is 19.3. The van der Waals surface area contributed by atoms with Crippen LogP contribution >= 0.6 is 0 Å². The first-order chi connectivity index (χ1) is 15.8. The summed E-state index contributed by atoms with van der Waals surface area (Å²) >= 11 is 0. The van der Waals surface area contributed by atoms with Crippen LogP contribution in [0.1, 0.15) is 42.5 Å². The van der Waals surface area contributed by atoms with Gasteiger partial charge in [0.05, 0.1) is 16.6 Å². The van der Waals surface area contributed by atoms with Crippen molar-refractivity contribution in [1.29, 1.82) is 0 Å². The number of nitrogens with one attached hydrogen (secondary N) is 1. The Balaban J connectivity index is 1.56. The standard InChI is InChI=1S/C26H27FN2O3S/c1-19(21-12-11-20-7-5-6-8-22(20)17-21)28-26(30)18-29(24-15-13-23(27)14-16-24)33(31,32)25-9-3-2-4-10-25/h2-4,9-17,19H,5-8,18H2,1H3,(H,28,30)/t19-/m0/s1. The number of aryl methyl sites for hydroxylation is 2. The predicted molar refractivity (Wildman–Crippen MR) is 127 cm³/mol. The van der Waals surface area contributed by atoms with Crippen molar-refractivity contribution in [2.24, 2.45) is 0 Å². The van der Waals surface area contributed by atoms with E-state index in [-0.39, 0.29) is 16.6 Å². The second-order valence-electron chi connectivity index (χ2n) is 8.33. The summed E-state index contributed by atoms with van der Waals surface area (Å²) in [7, 11) is -4.02. The number of carbonyl (C=O) groups excluding carboxylic acids is 1. The van der Waals surface area contributed by atoms with Crippen LogP contribution in [-0.2, 0) is 27.7 Å². The van der Waals surface area contributed by atoms with E-state index in [0.29, 0.717) is 0 Å². The monoisotopic (exact) mass is 466 g/mol. The lowest BCUT2D eigenvalue weighted by Gasteiger charge is -2.25. The van der Waals surface area contributed by atoms with E-state index in [1.165, 1.54) is 60.4 Å². The molecule has 1 aliphatic rings. The fraction of sp³-hybridized carbons (Fsp3) is 0.269. The quantitative estimate of drug-likeness (QED) is 0.545. The van der Waals surface area contributed by atoms with Crippen LogP contribution in [0.4, 0.5) is 10.1 Å². The van der Waals surface area contributed by atoms with Crippen molar-refractivity contribution in [3.05, 3.63) is 95.3 Å². The van der Waals surface area contributed by atoms with Gasteiger partial charge in [0.1, 0.15) is 12.4 Å². The molecule has 0 fully saturated rings. The highest BCUT2D eigenvalue weighted by atomic mass is 32.2. The average Bonchev–Trinajstić information content (AvgIpc) is 2.83. The van der Waals surface area contributed by atoms with Crippen molar-refractivity contribution in [1.82, 2.24) is 5.32 Å². The molecule has 3 aromatic carbocycles. The van der Waals surface area contributed by atoms with E-state index in [1.54, 1.807) is 18.2 Å². The normalized spacial score (nSPS) is 14.2. The first-order valence-electron chi connectivity index (χ1n) is 11.1. The van der Waals surface area contributed by atoms with Gasteiger partial charge in [-0.1, -0.05) is 36.4 Å². The van der Waals surface area contributed by atoms with Gasteiger partial charge in [0.25, 0.3) is 10.0 Å². The second-order valence-corrected chi connectivity index (χ2v) is 10.2. The number of anilines is 1. The zero-order valence-electron chi connectivity index (χ0n) is 18.5. The Hall–Kier alpha value is -3.19. The third kappa shape index (κ3) is 5.25. The number of hydrogen-bond acceptors (Lipinski definition) is 3. The molecule has 1 amide bonds. The Bertz CT molecular complexity index is 1230. The average molecular weight is 467 g/mol. The van der Waals surface area contributed by atoms with Gasteiger partial charge in [-0.25, -0.2) is 12.8 Å². The first-order valence-corrected chi connectivity index (χ1v) is 12.5. The maximum atomic E-state index is 13.5. The summed E-state index contributed by atoms with van der Waals surface area (Å²) in [6, 6.07) is 19.0. The number of benzene rings is 3. The van der Waals surface area contributed by atoms with E-state index < -0.39 is 28.3 Å². The molecule has 0 saturated heterocycles. The molecule has 0 spiro atoms. The van der Waals surface area contributed by atoms with Crippen molar-refractivity contribution in [3.63, 3.8) is 0 Å². The van der Waals surface area contributed by atoms with Crippen LogP contribution in [0.15, 0.2) is 77.7 Å². The number of sulfonamides is 1. The lowest BCUT2D eigenvalue weighted by molar-refractivity contribution is -0.120. The smallest absolute Gasteiger partial charge is 0.264 e. The number of hydrogen-bond donors (Lipinski definition) is 1. The maximum Gasteiger partial charge on any atom is 0.264 e. The Morgan fingerprint density at radius 3 is 2.33 bits per heavy atom. The number of nitrogens with zero attached hydrogens (tertiary/aromatic N) is 1. The van der Waals surface area contributed by atoms with Crippen molar-refractivity contribution in [2.75, 3.05) is 10.8 Å². The highest BCUT2D eigenvalue weighted by Crippen LogP contribution is 2.26. The summed E-state index contributed by atoms with van der Waals surface area (Å²) in [6.45, 7) is 1.47. The van der Waals surface area contributed by atoms with Gasteiger partial charge in [-0.05, 0) is 85.7 Å². The third-order valence-electron chi connectivity index (χ3n) is 5.98. The SMILES string of the molecule is C[C@H](NC(=O)CN(c1ccc(F)cc1)S(=O)(=O)c1ccccc1)c1ccc2c(c1)CCCC2. The molecule has 1 N–H and O–H groups in total. The van der Waals surface area contributed by atoms with Crippen LogP contribution in [-0.4, -0.2) is 20.9 Å². The van der Waals surface area contributed by atoms with Crippen LogP contribution in [0, 0.1) is 5.82 Å². The molecule has 4 rings (SSSR count). The van der Waals surface area contributed by atoms with Crippen molar-refractivity contribution in [2.45, 2.75) is 43.5 Å². The third-order valence-corrected chi connectivity index (χ3v) is 7.77. The minimum atomic E-state index is -4.02. The molecular formula is C26H27FN2O3S. The molecule has 0 radical (unpaired) electrons. The number of amides is 1. The fourth-order valence-corrected chi connectivity index (χ4v) is 5.61. The molecule has 7 heteroatoms. The molecule has 0 unspecified atom stereocenters. The van der Waals surface area contributed by atoms with Crippen molar-refractivity contribution in [3.8, 4) is 0 Å². The largest absolute Gasteiger partial charge is 0.348 e. The number of halogens is 1.